The number of aryl methyl sites for hydroxylation is 1. The standard InChI is InChI=1S/C27H28N2O4S3/c1-19-15-22(18-35-19)6-5-20-3-2-4-21(16-20)17-23(30)9-11-28-13-14-34-27(33)29(28)12-10-24-7-8-25(36-24)26(31)32/h2-4,7-8,15-16,18,23,30H,9-14,17H2,1H3,(H,31,32). The van der Waals surface area contributed by atoms with Gasteiger partial charge in [0.1, 0.15) is 4.88 Å². The van der Waals surface area contributed by atoms with Crippen LogP contribution >= 0.6 is 34.4 Å². The molecule has 0 spiro atoms. The first-order valence-electron chi connectivity index (χ1n) is 11.7. The van der Waals surface area contributed by atoms with E-state index >= 15 is 0 Å². The van der Waals surface area contributed by atoms with Gasteiger partial charge in [-0.3, -0.25) is 9.80 Å². The molecule has 1 unspecified atom stereocenters. The van der Waals surface area contributed by atoms with Crippen molar-refractivity contribution in [2.45, 2.75) is 32.3 Å². The van der Waals surface area contributed by atoms with Crippen LogP contribution in [0.25, 0.3) is 0 Å². The van der Waals surface area contributed by atoms with Crippen LogP contribution in [0.4, 0.5) is 4.79 Å². The van der Waals surface area contributed by atoms with E-state index in [9.17, 15) is 14.7 Å². The number of thiophene rings is 2. The summed E-state index contributed by atoms with van der Waals surface area (Å²) in [6, 6.07) is 13.5. The minimum Gasteiger partial charge on any atom is -0.477 e. The number of carbonyl (C=O) groups excluding carboxylic acids is 1. The second-order valence-corrected chi connectivity index (χ2v) is 11.9. The lowest BCUT2D eigenvalue weighted by molar-refractivity contribution is 0.0148. The van der Waals surface area contributed by atoms with Crippen LogP contribution in [0.1, 0.15) is 42.5 Å². The van der Waals surface area contributed by atoms with E-state index in [2.05, 4.69) is 30.2 Å². The van der Waals surface area contributed by atoms with E-state index in [0.717, 1.165) is 33.9 Å². The van der Waals surface area contributed by atoms with Gasteiger partial charge in [0.25, 0.3) is 5.24 Å². The summed E-state index contributed by atoms with van der Waals surface area (Å²) in [6.07, 6.45) is 1.13. The van der Waals surface area contributed by atoms with Crippen LogP contribution in [0.15, 0.2) is 47.8 Å². The zero-order valence-electron chi connectivity index (χ0n) is 20.0. The van der Waals surface area contributed by atoms with Gasteiger partial charge in [-0.15, -0.1) is 22.7 Å². The predicted molar refractivity (Wildman–Crippen MR) is 147 cm³/mol. The number of amides is 1. The van der Waals surface area contributed by atoms with Crippen molar-refractivity contribution in [3.63, 3.8) is 0 Å². The average molecular weight is 541 g/mol. The van der Waals surface area contributed by atoms with Gasteiger partial charge in [-0.05, 0) is 55.7 Å². The van der Waals surface area contributed by atoms with E-state index in [1.54, 1.807) is 22.4 Å². The number of thioether (sulfide) groups is 1. The minimum absolute atomic E-state index is 0.00199. The number of aliphatic hydroxyl groups excluding tert-OH is 1. The lowest BCUT2D eigenvalue weighted by Crippen LogP contribution is -2.51. The van der Waals surface area contributed by atoms with Crippen molar-refractivity contribution in [3.05, 3.63) is 79.2 Å². The second-order valence-electron chi connectivity index (χ2n) is 8.56. The fourth-order valence-corrected chi connectivity index (χ4v) is 6.26. The van der Waals surface area contributed by atoms with Gasteiger partial charge in [-0.25, -0.2) is 9.80 Å². The molecule has 0 bridgehead atoms. The molecule has 1 fully saturated rings. The molecule has 4 rings (SSSR count). The van der Waals surface area contributed by atoms with Crippen molar-refractivity contribution in [1.29, 1.82) is 0 Å². The molecule has 0 aliphatic carbocycles. The highest BCUT2D eigenvalue weighted by Crippen LogP contribution is 2.22. The Morgan fingerprint density at radius 3 is 2.72 bits per heavy atom. The number of hydrazine groups is 1. The fraction of sp³-hybridized carbons (Fsp3) is 0.333. The normalized spacial score (nSPS) is 14.9. The van der Waals surface area contributed by atoms with Gasteiger partial charge in [0.15, 0.2) is 0 Å². The monoisotopic (exact) mass is 540 g/mol. The number of aliphatic hydroxyl groups is 1. The summed E-state index contributed by atoms with van der Waals surface area (Å²) in [7, 11) is 0. The summed E-state index contributed by atoms with van der Waals surface area (Å²) in [5, 5.41) is 25.6. The van der Waals surface area contributed by atoms with Gasteiger partial charge in [0.05, 0.1) is 6.10 Å². The largest absolute Gasteiger partial charge is 0.477 e. The molecule has 3 aromatic rings. The summed E-state index contributed by atoms with van der Waals surface area (Å²) >= 11 is 4.23. The van der Waals surface area contributed by atoms with Gasteiger partial charge in [-0.2, -0.15) is 0 Å². The average Bonchev–Trinajstić information content (AvgIpc) is 3.50. The Kier molecular flexibility index (Phi) is 9.24. The number of hydrogen-bond acceptors (Lipinski definition) is 7. The van der Waals surface area contributed by atoms with Gasteiger partial charge >= 0.3 is 5.97 Å². The number of nitrogens with zero attached hydrogens (tertiary/aromatic N) is 2. The predicted octanol–water partition coefficient (Wildman–Crippen LogP) is 5.14. The molecule has 6 nitrogen and oxygen atoms in total. The summed E-state index contributed by atoms with van der Waals surface area (Å²) < 4.78 is 0. The third-order valence-electron chi connectivity index (χ3n) is 5.77. The Labute approximate surface area is 223 Å². The van der Waals surface area contributed by atoms with Crippen LogP contribution in [0.3, 0.4) is 0 Å². The molecule has 1 amide bonds. The lowest BCUT2D eigenvalue weighted by Gasteiger charge is -2.38. The van der Waals surface area contributed by atoms with Crippen molar-refractivity contribution < 1.29 is 19.8 Å². The second kappa shape index (κ2) is 12.6. The van der Waals surface area contributed by atoms with Crippen LogP contribution in [-0.2, 0) is 12.8 Å². The molecular formula is C27H28N2O4S3. The highest BCUT2D eigenvalue weighted by atomic mass is 32.2. The maximum atomic E-state index is 12.6. The number of carbonyl (C=O) groups is 2. The summed E-state index contributed by atoms with van der Waals surface area (Å²) in [4.78, 5) is 26.2. The van der Waals surface area contributed by atoms with Gasteiger partial charge in [0, 0.05) is 58.1 Å². The number of carboxylic acids is 1. The van der Waals surface area contributed by atoms with Crippen molar-refractivity contribution in [2.24, 2.45) is 0 Å². The topological polar surface area (TPSA) is 81.1 Å². The van der Waals surface area contributed by atoms with Crippen molar-refractivity contribution in [2.75, 3.05) is 25.4 Å². The van der Waals surface area contributed by atoms with Gasteiger partial charge < -0.3 is 10.2 Å². The Morgan fingerprint density at radius 1 is 1.14 bits per heavy atom. The van der Waals surface area contributed by atoms with Crippen LogP contribution in [0.2, 0.25) is 0 Å². The molecule has 2 aromatic heterocycles. The maximum absolute atomic E-state index is 12.6. The Morgan fingerprint density at radius 2 is 1.97 bits per heavy atom. The highest BCUT2D eigenvalue weighted by molar-refractivity contribution is 8.13. The summed E-state index contributed by atoms with van der Waals surface area (Å²) in [6.45, 7) is 3.87. The third-order valence-corrected chi connectivity index (χ3v) is 8.61. The molecule has 1 saturated heterocycles. The first kappa shape index (κ1) is 26.5. The first-order chi connectivity index (χ1) is 17.4. The summed E-state index contributed by atoms with van der Waals surface area (Å²) in [5.74, 6) is 6.19. The number of aromatic carboxylic acids is 1. The first-order valence-corrected chi connectivity index (χ1v) is 14.4. The molecule has 9 heteroatoms. The number of carboxylic acid groups (broad SMARTS) is 1. The molecule has 36 heavy (non-hydrogen) atoms. The van der Waals surface area contributed by atoms with Gasteiger partial charge in [0.2, 0.25) is 0 Å². The van der Waals surface area contributed by atoms with E-state index in [1.165, 1.54) is 28.0 Å². The number of benzene rings is 1. The quantitative estimate of drug-likeness (QED) is 0.366. The van der Waals surface area contributed by atoms with Crippen molar-refractivity contribution >= 4 is 45.6 Å². The van der Waals surface area contributed by atoms with Gasteiger partial charge in [-0.1, -0.05) is 35.7 Å². The highest BCUT2D eigenvalue weighted by Gasteiger charge is 2.27. The Hall–Kier alpha value is -2.61. The fourth-order valence-electron chi connectivity index (χ4n) is 3.96. The van der Waals surface area contributed by atoms with E-state index in [0.29, 0.717) is 37.2 Å². The molecular weight excluding hydrogens is 513 g/mol. The van der Waals surface area contributed by atoms with E-state index in [1.807, 2.05) is 35.3 Å². The lowest BCUT2D eigenvalue weighted by atomic mass is 10.0. The maximum Gasteiger partial charge on any atom is 0.345 e. The molecule has 188 valence electrons. The third kappa shape index (κ3) is 7.45. The SMILES string of the molecule is Cc1cc(C#Cc2cccc(CC(O)CCN3CCSC(=O)N3CCc3ccc(C(=O)O)s3)c2)cs1. The van der Waals surface area contributed by atoms with Crippen LogP contribution in [-0.4, -0.2) is 62.9 Å². The molecule has 3 heterocycles. The minimum atomic E-state index is -0.929. The Bertz CT molecular complexity index is 1270. The van der Waals surface area contributed by atoms with E-state index < -0.39 is 12.1 Å². The zero-order valence-corrected chi connectivity index (χ0v) is 22.4. The molecule has 0 radical (unpaired) electrons. The molecule has 1 atom stereocenters. The van der Waals surface area contributed by atoms with E-state index in [-0.39, 0.29) is 5.24 Å². The Balaban J connectivity index is 1.30. The van der Waals surface area contributed by atoms with Crippen LogP contribution in [0.5, 0.6) is 0 Å². The molecule has 1 aromatic carbocycles. The smallest absolute Gasteiger partial charge is 0.345 e. The zero-order chi connectivity index (χ0) is 25.5. The number of rotatable bonds is 9. The van der Waals surface area contributed by atoms with E-state index in [4.69, 9.17) is 5.11 Å². The van der Waals surface area contributed by atoms with Crippen LogP contribution < -0.4 is 0 Å². The molecule has 1 aliphatic rings. The summed E-state index contributed by atoms with van der Waals surface area (Å²) in [5.41, 5.74) is 2.97. The van der Waals surface area contributed by atoms with Crippen molar-refractivity contribution in [1.82, 2.24) is 10.0 Å². The molecule has 0 saturated carbocycles. The van der Waals surface area contributed by atoms with Crippen LogP contribution in [0, 0.1) is 18.8 Å². The number of hydrogen-bond donors (Lipinski definition) is 2. The molecule has 1 aliphatic heterocycles. The molecule has 2 N–H and O–H groups in total. The van der Waals surface area contributed by atoms with Crippen molar-refractivity contribution in [3.8, 4) is 11.8 Å².